The van der Waals surface area contributed by atoms with E-state index < -0.39 is 10.9 Å². The quantitative estimate of drug-likeness (QED) is 0.492. The number of benzene rings is 1. The number of ether oxygens (including phenoxy) is 1. The van der Waals surface area contributed by atoms with Crippen molar-refractivity contribution in [3.63, 3.8) is 0 Å². The summed E-state index contributed by atoms with van der Waals surface area (Å²) in [6, 6.07) is 6.62. The lowest BCUT2D eigenvalue weighted by Crippen LogP contribution is -1.91. The minimum Gasteiger partial charge on any atom is -0.456 e. The van der Waals surface area contributed by atoms with Gasteiger partial charge in [-0.1, -0.05) is 0 Å². The molecule has 2 rings (SSSR count). The van der Waals surface area contributed by atoms with E-state index in [0.717, 1.165) is 6.07 Å². The van der Waals surface area contributed by atoms with E-state index in [2.05, 4.69) is 20.9 Å². The number of aromatic nitrogens is 1. The normalized spacial score (nSPS) is 10.1. The second kappa shape index (κ2) is 5.09. The van der Waals surface area contributed by atoms with Crippen LogP contribution in [0.15, 0.2) is 41.0 Å². The van der Waals surface area contributed by atoms with Crippen molar-refractivity contribution in [2.24, 2.45) is 0 Å². The number of halogens is 2. The number of pyridine rings is 1. The molecular weight excluding hydrogens is 307 g/mol. The van der Waals surface area contributed by atoms with Gasteiger partial charge in [0.2, 0.25) is 5.95 Å². The van der Waals surface area contributed by atoms with Crippen LogP contribution >= 0.6 is 15.9 Å². The summed E-state index contributed by atoms with van der Waals surface area (Å²) in [5, 5.41) is 10.6. The fourth-order valence-corrected chi connectivity index (χ4v) is 1.59. The molecule has 5 nitrogen and oxygen atoms in total. The monoisotopic (exact) mass is 312 g/mol. The maximum atomic E-state index is 12.9. The Morgan fingerprint density at radius 3 is 2.78 bits per heavy atom. The molecule has 0 atom stereocenters. The summed E-state index contributed by atoms with van der Waals surface area (Å²) in [4.78, 5) is 13.5. The van der Waals surface area contributed by atoms with E-state index >= 15 is 0 Å². The molecule has 0 aliphatic heterocycles. The molecular formula is C11H6BrFN2O3. The van der Waals surface area contributed by atoms with Crippen molar-refractivity contribution in [2.45, 2.75) is 0 Å². The van der Waals surface area contributed by atoms with E-state index in [0.29, 0.717) is 4.47 Å². The first-order valence-corrected chi connectivity index (χ1v) is 5.59. The van der Waals surface area contributed by atoms with Gasteiger partial charge >= 0.3 is 0 Å². The Bertz CT molecular complexity index is 607. The molecule has 0 bridgehead atoms. The van der Waals surface area contributed by atoms with Crippen molar-refractivity contribution in [1.29, 1.82) is 0 Å². The molecule has 0 aliphatic carbocycles. The zero-order valence-electron chi connectivity index (χ0n) is 8.84. The molecule has 0 aliphatic rings. The molecule has 1 heterocycles. The Hall–Kier alpha value is -2.02. The Balaban J connectivity index is 2.33. The van der Waals surface area contributed by atoms with Crippen LogP contribution in [-0.4, -0.2) is 9.91 Å². The van der Waals surface area contributed by atoms with Crippen LogP contribution in [0.3, 0.4) is 0 Å². The van der Waals surface area contributed by atoms with Crippen LogP contribution < -0.4 is 4.74 Å². The molecule has 0 N–H and O–H groups in total. The molecule has 0 amide bonds. The smallest absolute Gasteiger partial charge is 0.273 e. The Kier molecular flexibility index (Phi) is 3.52. The third-order valence-corrected chi connectivity index (χ3v) is 2.71. The zero-order chi connectivity index (χ0) is 13.1. The molecule has 1 aromatic heterocycles. The van der Waals surface area contributed by atoms with Gasteiger partial charge in [-0.25, -0.2) is 4.98 Å². The maximum absolute atomic E-state index is 12.9. The summed E-state index contributed by atoms with van der Waals surface area (Å²) in [5.41, 5.74) is -0.109. The van der Waals surface area contributed by atoms with Crippen LogP contribution in [0, 0.1) is 16.1 Å². The Labute approximate surface area is 110 Å². The van der Waals surface area contributed by atoms with E-state index in [1.165, 1.54) is 30.5 Å². The molecule has 18 heavy (non-hydrogen) atoms. The second-order valence-electron chi connectivity index (χ2n) is 3.29. The van der Waals surface area contributed by atoms with Crippen LogP contribution in [-0.2, 0) is 0 Å². The van der Waals surface area contributed by atoms with E-state index in [4.69, 9.17) is 4.74 Å². The molecule has 1 aromatic carbocycles. The van der Waals surface area contributed by atoms with Crippen LogP contribution in [0.25, 0.3) is 0 Å². The summed E-state index contributed by atoms with van der Waals surface area (Å²) < 4.78 is 18.7. The average molecular weight is 313 g/mol. The predicted molar refractivity (Wildman–Crippen MR) is 65.1 cm³/mol. The first-order valence-electron chi connectivity index (χ1n) is 4.79. The minimum absolute atomic E-state index is 0.109. The zero-order valence-corrected chi connectivity index (χ0v) is 10.4. The van der Waals surface area contributed by atoms with Gasteiger partial charge in [-0.3, -0.25) is 10.1 Å². The highest BCUT2D eigenvalue weighted by Crippen LogP contribution is 2.32. The topological polar surface area (TPSA) is 65.3 Å². The van der Waals surface area contributed by atoms with E-state index in [9.17, 15) is 14.5 Å². The van der Waals surface area contributed by atoms with Crippen molar-refractivity contribution < 1.29 is 14.1 Å². The van der Waals surface area contributed by atoms with Gasteiger partial charge < -0.3 is 4.74 Å². The molecule has 7 heteroatoms. The molecule has 0 spiro atoms. The number of nitro benzene ring substituents is 1. The van der Waals surface area contributed by atoms with E-state index in [1.807, 2.05) is 0 Å². The highest BCUT2D eigenvalue weighted by molar-refractivity contribution is 9.10. The predicted octanol–water partition coefficient (Wildman–Crippen LogP) is 3.68. The van der Waals surface area contributed by atoms with Gasteiger partial charge in [0.1, 0.15) is 11.5 Å². The lowest BCUT2D eigenvalue weighted by atomic mass is 10.3. The van der Waals surface area contributed by atoms with E-state index in [-0.39, 0.29) is 17.2 Å². The maximum Gasteiger partial charge on any atom is 0.273 e. The molecule has 92 valence electrons. The summed E-state index contributed by atoms with van der Waals surface area (Å²) in [5.74, 6) is -0.243. The lowest BCUT2D eigenvalue weighted by molar-refractivity contribution is -0.384. The molecule has 0 saturated carbocycles. The van der Waals surface area contributed by atoms with Gasteiger partial charge in [0.05, 0.1) is 15.5 Å². The molecule has 0 unspecified atom stereocenters. The van der Waals surface area contributed by atoms with Crippen molar-refractivity contribution in [1.82, 2.24) is 4.98 Å². The number of nitro groups is 1. The molecule has 0 saturated heterocycles. The van der Waals surface area contributed by atoms with Crippen molar-refractivity contribution in [3.8, 4) is 11.5 Å². The van der Waals surface area contributed by atoms with Gasteiger partial charge in [-0.2, -0.15) is 4.39 Å². The highest BCUT2D eigenvalue weighted by Gasteiger charge is 2.11. The fraction of sp³-hybridized carbons (Fsp3) is 0. The van der Waals surface area contributed by atoms with Crippen LogP contribution in [0.5, 0.6) is 11.5 Å². The molecule has 0 fully saturated rings. The third kappa shape index (κ3) is 2.80. The Morgan fingerprint density at radius 2 is 2.11 bits per heavy atom. The summed E-state index contributed by atoms with van der Waals surface area (Å²) in [6.07, 6.45) is 1.25. The fourth-order valence-electron chi connectivity index (χ4n) is 1.26. The van der Waals surface area contributed by atoms with Crippen LogP contribution in [0.4, 0.5) is 10.1 Å². The summed E-state index contributed by atoms with van der Waals surface area (Å²) in [6.45, 7) is 0. The number of rotatable bonds is 3. The van der Waals surface area contributed by atoms with Crippen LogP contribution in [0.1, 0.15) is 0 Å². The highest BCUT2D eigenvalue weighted by atomic mass is 79.9. The minimum atomic E-state index is -0.686. The van der Waals surface area contributed by atoms with Gasteiger partial charge in [0, 0.05) is 18.3 Å². The van der Waals surface area contributed by atoms with Gasteiger partial charge in [0.25, 0.3) is 5.69 Å². The van der Waals surface area contributed by atoms with Crippen molar-refractivity contribution in [3.05, 3.63) is 57.1 Å². The second-order valence-corrected chi connectivity index (χ2v) is 4.14. The molecule has 0 radical (unpaired) electrons. The van der Waals surface area contributed by atoms with Gasteiger partial charge in [0.15, 0.2) is 0 Å². The third-order valence-electron chi connectivity index (χ3n) is 2.05. The number of hydrogen-bond donors (Lipinski definition) is 0. The number of nitrogens with zero attached hydrogens (tertiary/aromatic N) is 2. The lowest BCUT2D eigenvalue weighted by Gasteiger charge is -2.07. The van der Waals surface area contributed by atoms with E-state index in [1.54, 1.807) is 0 Å². The summed E-state index contributed by atoms with van der Waals surface area (Å²) >= 11 is 3.20. The number of hydrogen-bond acceptors (Lipinski definition) is 4. The largest absolute Gasteiger partial charge is 0.456 e. The standard InChI is InChI=1S/C11H6BrFN2O3/c12-9-2-1-7(15(16)17)5-10(9)18-8-3-4-14-11(13)6-8/h1-6H. The number of non-ortho nitro benzene ring substituents is 1. The first-order chi connectivity index (χ1) is 8.56. The summed E-state index contributed by atoms with van der Waals surface area (Å²) in [7, 11) is 0. The van der Waals surface area contributed by atoms with Gasteiger partial charge in [-0.05, 0) is 28.1 Å². The van der Waals surface area contributed by atoms with Crippen LogP contribution in [0.2, 0.25) is 0 Å². The van der Waals surface area contributed by atoms with Gasteiger partial charge in [-0.15, -0.1) is 0 Å². The van der Waals surface area contributed by atoms with Crippen molar-refractivity contribution in [2.75, 3.05) is 0 Å². The average Bonchev–Trinajstić information content (AvgIpc) is 2.31. The van der Waals surface area contributed by atoms with Crippen molar-refractivity contribution >= 4 is 21.6 Å². The SMILES string of the molecule is O=[N+]([O-])c1ccc(Br)c(Oc2ccnc(F)c2)c1. The Morgan fingerprint density at radius 1 is 1.33 bits per heavy atom. The first kappa shape index (κ1) is 12.4. The molecule has 2 aromatic rings.